The Labute approximate surface area is 106 Å². The summed E-state index contributed by atoms with van der Waals surface area (Å²) < 4.78 is 1.28. The zero-order valence-electron chi connectivity index (χ0n) is 10.4. The Morgan fingerprint density at radius 2 is 2.29 bits per heavy atom. The first-order valence-electron chi connectivity index (χ1n) is 6.34. The van der Waals surface area contributed by atoms with E-state index in [0.29, 0.717) is 6.04 Å². The molecule has 2 nitrogen and oxygen atoms in total. The van der Waals surface area contributed by atoms with E-state index in [1.807, 2.05) is 0 Å². The van der Waals surface area contributed by atoms with Crippen molar-refractivity contribution in [2.75, 3.05) is 5.32 Å². The summed E-state index contributed by atoms with van der Waals surface area (Å²) >= 11 is 1.77. The van der Waals surface area contributed by atoms with Crippen molar-refractivity contribution in [1.29, 1.82) is 0 Å². The minimum Gasteiger partial charge on any atom is -0.383 e. The van der Waals surface area contributed by atoms with Gasteiger partial charge in [-0.3, -0.25) is 0 Å². The number of hydrogen-bond donors (Lipinski definition) is 1. The predicted molar refractivity (Wildman–Crippen MR) is 74.8 cm³/mol. The van der Waals surface area contributed by atoms with Crippen LogP contribution in [-0.4, -0.2) is 11.0 Å². The lowest BCUT2D eigenvalue weighted by Crippen LogP contribution is -2.15. The molecular weight excluding hydrogens is 228 g/mol. The predicted octanol–water partition coefficient (Wildman–Crippen LogP) is 4.21. The van der Waals surface area contributed by atoms with Crippen LogP contribution in [0.2, 0.25) is 0 Å². The van der Waals surface area contributed by atoms with Crippen molar-refractivity contribution in [3.63, 3.8) is 0 Å². The van der Waals surface area contributed by atoms with Gasteiger partial charge in [-0.25, -0.2) is 4.98 Å². The summed E-state index contributed by atoms with van der Waals surface area (Å²) in [5, 5.41) is 4.74. The molecule has 0 aliphatic heterocycles. The molecule has 1 aliphatic rings. The van der Waals surface area contributed by atoms with Crippen molar-refractivity contribution < 1.29 is 0 Å². The molecule has 1 unspecified atom stereocenters. The summed E-state index contributed by atoms with van der Waals surface area (Å²) in [6.07, 6.45) is 4.16. The Morgan fingerprint density at radius 1 is 1.47 bits per heavy atom. The Balaban J connectivity index is 1.74. The fourth-order valence-corrected chi connectivity index (χ4v) is 3.19. The molecule has 1 atom stereocenters. The summed E-state index contributed by atoms with van der Waals surface area (Å²) in [5.74, 6) is 0.979. The SMILES string of the molecule is Cc1nc2ccc(NC(C)CC3CC3)cc2s1. The Kier molecular flexibility index (Phi) is 2.79. The molecule has 3 heteroatoms. The minimum absolute atomic E-state index is 0.578. The van der Waals surface area contributed by atoms with Gasteiger partial charge >= 0.3 is 0 Å². The maximum absolute atomic E-state index is 4.48. The maximum atomic E-state index is 4.48. The molecule has 0 radical (unpaired) electrons. The Morgan fingerprint density at radius 3 is 3.06 bits per heavy atom. The lowest BCUT2D eigenvalue weighted by Gasteiger charge is -2.14. The largest absolute Gasteiger partial charge is 0.383 e. The van der Waals surface area contributed by atoms with E-state index in [4.69, 9.17) is 0 Å². The summed E-state index contributed by atoms with van der Waals surface area (Å²) in [7, 11) is 0. The smallest absolute Gasteiger partial charge is 0.0907 e. The number of rotatable bonds is 4. The number of nitrogens with one attached hydrogen (secondary N) is 1. The quantitative estimate of drug-likeness (QED) is 0.874. The molecule has 0 spiro atoms. The average Bonchev–Trinajstić information content (AvgIpc) is 2.98. The van der Waals surface area contributed by atoms with Crippen LogP contribution in [0.5, 0.6) is 0 Å². The van der Waals surface area contributed by atoms with Gasteiger partial charge in [0, 0.05) is 11.7 Å². The van der Waals surface area contributed by atoms with Crippen LogP contribution >= 0.6 is 11.3 Å². The number of anilines is 1. The van der Waals surface area contributed by atoms with Crippen molar-refractivity contribution in [1.82, 2.24) is 4.98 Å². The lowest BCUT2D eigenvalue weighted by molar-refractivity contribution is 0.642. The van der Waals surface area contributed by atoms with Crippen LogP contribution in [0.1, 0.15) is 31.2 Å². The van der Waals surface area contributed by atoms with Gasteiger partial charge in [0.25, 0.3) is 0 Å². The van der Waals surface area contributed by atoms with Crippen LogP contribution in [-0.2, 0) is 0 Å². The van der Waals surface area contributed by atoms with Gasteiger partial charge in [-0.05, 0) is 44.4 Å². The lowest BCUT2D eigenvalue weighted by atomic mass is 10.1. The van der Waals surface area contributed by atoms with E-state index in [0.717, 1.165) is 16.4 Å². The molecule has 1 aliphatic carbocycles. The summed E-state index contributed by atoms with van der Waals surface area (Å²) in [6, 6.07) is 7.06. The molecular formula is C14H18N2S. The van der Waals surface area contributed by atoms with Gasteiger partial charge in [-0.1, -0.05) is 12.8 Å². The zero-order valence-corrected chi connectivity index (χ0v) is 11.2. The molecule has 2 aromatic rings. The third kappa shape index (κ3) is 2.60. The first-order chi connectivity index (χ1) is 8.20. The zero-order chi connectivity index (χ0) is 11.8. The van der Waals surface area contributed by atoms with E-state index < -0.39 is 0 Å². The van der Waals surface area contributed by atoms with Gasteiger partial charge in [-0.15, -0.1) is 11.3 Å². The molecule has 0 amide bonds. The number of aromatic nitrogens is 1. The van der Waals surface area contributed by atoms with Crippen LogP contribution in [0, 0.1) is 12.8 Å². The van der Waals surface area contributed by atoms with Gasteiger partial charge in [0.1, 0.15) is 0 Å². The van der Waals surface area contributed by atoms with E-state index in [1.54, 1.807) is 11.3 Å². The normalized spacial score (nSPS) is 17.3. The van der Waals surface area contributed by atoms with Crippen molar-refractivity contribution >= 4 is 27.2 Å². The first kappa shape index (κ1) is 11.0. The molecule has 1 heterocycles. The third-order valence-corrected chi connectivity index (χ3v) is 4.23. The highest BCUT2D eigenvalue weighted by Crippen LogP contribution is 2.34. The van der Waals surface area contributed by atoms with E-state index >= 15 is 0 Å². The monoisotopic (exact) mass is 246 g/mol. The minimum atomic E-state index is 0.578. The van der Waals surface area contributed by atoms with Crippen molar-refractivity contribution in [2.45, 2.75) is 39.2 Å². The van der Waals surface area contributed by atoms with Crippen LogP contribution in [0.25, 0.3) is 10.2 Å². The standard InChI is InChI=1S/C14H18N2S/c1-9(7-11-3-4-11)15-12-5-6-13-14(8-12)17-10(2)16-13/h5-6,8-9,11,15H,3-4,7H2,1-2H3. The maximum Gasteiger partial charge on any atom is 0.0907 e. The summed E-state index contributed by atoms with van der Waals surface area (Å²) in [5.41, 5.74) is 2.35. The van der Waals surface area contributed by atoms with E-state index in [1.165, 1.54) is 29.6 Å². The van der Waals surface area contributed by atoms with Gasteiger partial charge in [-0.2, -0.15) is 0 Å². The molecule has 1 saturated carbocycles. The highest BCUT2D eigenvalue weighted by atomic mass is 32.1. The van der Waals surface area contributed by atoms with Crippen molar-refractivity contribution in [2.24, 2.45) is 5.92 Å². The highest BCUT2D eigenvalue weighted by Gasteiger charge is 2.23. The fourth-order valence-electron chi connectivity index (χ4n) is 2.33. The summed E-state index contributed by atoms with van der Waals surface area (Å²) in [4.78, 5) is 4.48. The van der Waals surface area contributed by atoms with Gasteiger partial charge in [0.2, 0.25) is 0 Å². The number of benzene rings is 1. The first-order valence-corrected chi connectivity index (χ1v) is 7.16. The van der Waals surface area contributed by atoms with Crippen LogP contribution < -0.4 is 5.32 Å². The number of nitrogens with zero attached hydrogens (tertiary/aromatic N) is 1. The van der Waals surface area contributed by atoms with Gasteiger partial charge < -0.3 is 5.32 Å². The number of hydrogen-bond acceptors (Lipinski definition) is 3. The Bertz CT molecular complexity index is 528. The molecule has 3 rings (SSSR count). The molecule has 1 N–H and O–H groups in total. The molecule has 1 aromatic carbocycles. The fraction of sp³-hybridized carbons (Fsp3) is 0.500. The van der Waals surface area contributed by atoms with E-state index in [2.05, 4.69) is 42.3 Å². The second-order valence-electron chi connectivity index (χ2n) is 5.14. The van der Waals surface area contributed by atoms with Crippen molar-refractivity contribution in [3.8, 4) is 0 Å². The third-order valence-electron chi connectivity index (χ3n) is 3.29. The molecule has 1 fully saturated rings. The second-order valence-corrected chi connectivity index (χ2v) is 6.37. The van der Waals surface area contributed by atoms with Gasteiger partial charge in [0.15, 0.2) is 0 Å². The second kappa shape index (κ2) is 4.30. The Hall–Kier alpha value is -1.09. The molecule has 0 saturated heterocycles. The van der Waals surface area contributed by atoms with Crippen molar-refractivity contribution in [3.05, 3.63) is 23.2 Å². The molecule has 90 valence electrons. The van der Waals surface area contributed by atoms with Crippen LogP contribution in [0.15, 0.2) is 18.2 Å². The number of thiazole rings is 1. The molecule has 1 aromatic heterocycles. The van der Waals surface area contributed by atoms with E-state index in [9.17, 15) is 0 Å². The van der Waals surface area contributed by atoms with Crippen LogP contribution in [0.4, 0.5) is 5.69 Å². The average molecular weight is 246 g/mol. The van der Waals surface area contributed by atoms with E-state index in [-0.39, 0.29) is 0 Å². The summed E-state index contributed by atoms with van der Waals surface area (Å²) in [6.45, 7) is 4.34. The van der Waals surface area contributed by atoms with Gasteiger partial charge in [0.05, 0.1) is 15.2 Å². The number of aryl methyl sites for hydroxylation is 1. The number of fused-ring (bicyclic) bond motifs is 1. The molecule has 0 bridgehead atoms. The highest BCUT2D eigenvalue weighted by molar-refractivity contribution is 7.18. The topological polar surface area (TPSA) is 24.9 Å². The van der Waals surface area contributed by atoms with Crippen LogP contribution in [0.3, 0.4) is 0 Å². The molecule has 17 heavy (non-hydrogen) atoms.